The van der Waals surface area contributed by atoms with E-state index in [1.54, 1.807) is 31.2 Å². The summed E-state index contributed by atoms with van der Waals surface area (Å²) in [6.45, 7) is 3.11. The highest BCUT2D eigenvalue weighted by molar-refractivity contribution is 6.13. The topological polar surface area (TPSA) is 47.8 Å². The lowest BCUT2D eigenvalue weighted by atomic mass is 10.0. The van der Waals surface area contributed by atoms with Gasteiger partial charge in [-0.15, -0.1) is 0 Å². The van der Waals surface area contributed by atoms with Crippen LogP contribution in [0.5, 0.6) is 0 Å². The number of hydrogen-bond donors (Lipinski definition) is 0. The van der Waals surface area contributed by atoms with E-state index in [-0.39, 0.29) is 17.7 Å². The van der Waals surface area contributed by atoms with Crippen molar-refractivity contribution in [2.75, 3.05) is 6.61 Å². The van der Waals surface area contributed by atoms with E-state index in [2.05, 4.69) is 0 Å². The van der Waals surface area contributed by atoms with Crippen LogP contribution in [0.4, 0.5) is 13.2 Å². The van der Waals surface area contributed by atoms with Crippen molar-refractivity contribution in [1.82, 2.24) is 4.40 Å². The number of nitrogens with zero attached hydrogens (tertiary/aromatic N) is 1. The van der Waals surface area contributed by atoms with Gasteiger partial charge >= 0.3 is 12.1 Å². The number of pyridine rings is 1. The molecule has 0 N–H and O–H groups in total. The largest absolute Gasteiger partial charge is 0.462 e. The molecular formula is C20H16F3NO3. The molecule has 0 saturated heterocycles. The van der Waals surface area contributed by atoms with E-state index in [1.165, 1.54) is 31.3 Å². The Morgan fingerprint density at radius 3 is 2.37 bits per heavy atom. The number of alkyl halides is 3. The van der Waals surface area contributed by atoms with E-state index < -0.39 is 34.7 Å². The summed E-state index contributed by atoms with van der Waals surface area (Å²) in [5.41, 5.74) is -1.80. The minimum absolute atomic E-state index is 0.0138. The van der Waals surface area contributed by atoms with E-state index in [0.717, 1.165) is 4.40 Å². The number of aryl methyl sites for hydroxylation is 1. The predicted molar refractivity (Wildman–Crippen MR) is 93.0 cm³/mol. The molecule has 2 heterocycles. The summed E-state index contributed by atoms with van der Waals surface area (Å²) in [6, 6.07) is 10.7. The molecule has 0 unspecified atom stereocenters. The molecule has 0 bridgehead atoms. The average Bonchev–Trinajstić information content (AvgIpc) is 2.96. The lowest BCUT2D eigenvalue weighted by molar-refractivity contribution is -0.138. The number of aromatic nitrogens is 1. The van der Waals surface area contributed by atoms with Gasteiger partial charge in [-0.05, 0) is 31.5 Å². The van der Waals surface area contributed by atoms with Gasteiger partial charge in [0.2, 0.25) is 5.78 Å². The monoisotopic (exact) mass is 375 g/mol. The zero-order valence-electron chi connectivity index (χ0n) is 14.6. The van der Waals surface area contributed by atoms with Crippen LogP contribution in [-0.4, -0.2) is 22.8 Å². The van der Waals surface area contributed by atoms with Crippen LogP contribution in [0.1, 0.15) is 44.5 Å². The Kier molecular flexibility index (Phi) is 4.78. The Bertz CT molecular complexity index is 1020. The molecule has 140 valence electrons. The van der Waals surface area contributed by atoms with Gasteiger partial charge in [0, 0.05) is 11.8 Å². The molecule has 2 aromatic heterocycles. The molecule has 0 atom stereocenters. The number of benzene rings is 1. The van der Waals surface area contributed by atoms with Gasteiger partial charge < -0.3 is 9.14 Å². The first kappa shape index (κ1) is 18.7. The van der Waals surface area contributed by atoms with Crippen molar-refractivity contribution >= 4 is 17.3 Å². The van der Waals surface area contributed by atoms with Gasteiger partial charge in [-0.1, -0.05) is 30.3 Å². The van der Waals surface area contributed by atoms with E-state index >= 15 is 0 Å². The normalized spacial score (nSPS) is 11.6. The summed E-state index contributed by atoms with van der Waals surface area (Å²) >= 11 is 0. The first-order chi connectivity index (χ1) is 12.8. The summed E-state index contributed by atoms with van der Waals surface area (Å²) in [6.07, 6.45) is -3.55. The Morgan fingerprint density at radius 2 is 1.78 bits per heavy atom. The summed E-state index contributed by atoms with van der Waals surface area (Å²) in [5.74, 6) is -1.93. The van der Waals surface area contributed by atoms with E-state index in [4.69, 9.17) is 4.74 Å². The smallest absolute Gasteiger partial charge is 0.419 e. The van der Waals surface area contributed by atoms with Gasteiger partial charge in [-0.2, -0.15) is 13.2 Å². The number of esters is 1. The molecule has 0 aliphatic heterocycles. The first-order valence-corrected chi connectivity index (χ1v) is 8.24. The van der Waals surface area contributed by atoms with Crippen molar-refractivity contribution in [3.05, 3.63) is 76.6 Å². The highest BCUT2D eigenvalue weighted by atomic mass is 19.4. The summed E-state index contributed by atoms with van der Waals surface area (Å²) in [5, 5.41) is 0. The minimum atomic E-state index is -4.91. The van der Waals surface area contributed by atoms with Gasteiger partial charge in [-0.3, -0.25) is 4.79 Å². The van der Waals surface area contributed by atoms with Gasteiger partial charge in [-0.25, -0.2) is 4.79 Å². The Morgan fingerprint density at radius 1 is 1.11 bits per heavy atom. The van der Waals surface area contributed by atoms with Crippen molar-refractivity contribution in [2.24, 2.45) is 0 Å². The number of fused-ring (bicyclic) bond motifs is 1. The van der Waals surface area contributed by atoms with Crippen LogP contribution in [0.25, 0.3) is 5.52 Å². The van der Waals surface area contributed by atoms with Crippen molar-refractivity contribution in [3.63, 3.8) is 0 Å². The van der Waals surface area contributed by atoms with Crippen LogP contribution in [-0.2, 0) is 10.9 Å². The second kappa shape index (κ2) is 6.90. The molecular weight excluding hydrogens is 359 g/mol. The maximum Gasteiger partial charge on any atom is 0.419 e. The van der Waals surface area contributed by atoms with Crippen molar-refractivity contribution in [1.29, 1.82) is 0 Å². The second-order valence-corrected chi connectivity index (χ2v) is 5.97. The first-order valence-electron chi connectivity index (χ1n) is 8.24. The molecule has 0 amide bonds. The Hall–Kier alpha value is -3.09. The fraction of sp³-hybridized carbons (Fsp3) is 0.200. The summed E-state index contributed by atoms with van der Waals surface area (Å²) < 4.78 is 47.8. The SMILES string of the molecule is CCOC(=O)c1c(C(F)(F)F)c(C(=O)c2ccccc2)n2ccc(C)cc12. The van der Waals surface area contributed by atoms with Gasteiger partial charge in [0.1, 0.15) is 11.3 Å². The third kappa shape index (κ3) is 3.32. The molecule has 3 rings (SSSR count). The number of hydrogen-bond acceptors (Lipinski definition) is 3. The van der Waals surface area contributed by atoms with Crippen molar-refractivity contribution in [2.45, 2.75) is 20.0 Å². The Balaban J connectivity index is 2.42. The van der Waals surface area contributed by atoms with Crippen LogP contribution in [0, 0.1) is 6.92 Å². The van der Waals surface area contributed by atoms with Crippen LogP contribution in [0.15, 0.2) is 48.7 Å². The fourth-order valence-electron chi connectivity index (χ4n) is 3.00. The molecule has 27 heavy (non-hydrogen) atoms. The third-order valence-electron chi connectivity index (χ3n) is 4.11. The molecule has 4 nitrogen and oxygen atoms in total. The molecule has 0 fully saturated rings. The number of ketones is 1. The Labute approximate surface area is 153 Å². The second-order valence-electron chi connectivity index (χ2n) is 5.97. The minimum Gasteiger partial charge on any atom is -0.462 e. The van der Waals surface area contributed by atoms with Crippen molar-refractivity contribution < 1.29 is 27.5 Å². The quantitative estimate of drug-likeness (QED) is 0.492. The molecule has 0 radical (unpaired) electrons. The summed E-state index contributed by atoms with van der Waals surface area (Å²) in [7, 11) is 0. The molecule has 1 aromatic carbocycles. The van der Waals surface area contributed by atoms with Gasteiger partial charge in [0.25, 0.3) is 0 Å². The maximum absolute atomic E-state index is 14.0. The number of halogens is 3. The van der Waals surface area contributed by atoms with Gasteiger partial charge in [0.05, 0.1) is 17.7 Å². The van der Waals surface area contributed by atoms with E-state index in [0.29, 0.717) is 5.56 Å². The number of rotatable bonds is 4. The standard InChI is InChI=1S/C20H16F3NO3/c1-3-27-19(26)15-14-11-12(2)9-10-24(14)17(16(15)20(21,22)23)18(25)13-7-5-4-6-8-13/h4-11H,3H2,1-2H3. The van der Waals surface area contributed by atoms with E-state index in [9.17, 15) is 22.8 Å². The average molecular weight is 375 g/mol. The predicted octanol–water partition coefficient (Wildman–Crippen LogP) is 4.67. The highest BCUT2D eigenvalue weighted by Crippen LogP contribution is 2.39. The zero-order chi connectivity index (χ0) is 19.8. The van der Waals surface area contributed by atoms with Crippen LogP contribution in [0.3, 0.4) is 0 Å². The fourth-order valence-corrected chi connectivity index (χ4v) is 3.00. The van der Waals surface area contributed by atoms with Crippen LogP contribution < -0.4 is 0 Å². The zero-order valence-corrected chi connectivity index (χ0v) is 14.6. The highest BCUT2D eigenvalue weighted by Gasteiger charge is 2.44. The van der Waals surface area contributed by atoms with Gasteiger partial charge in [0.15, 0.2) is 0 Å². The van der Waals surface area contributed by atoms with E-state index in [1.807, 2.05) is 0 Å². The van der Waals surface area contributed by atoms with Crippen LogP contribution in [0.2, 0.25) is 0 Å². The van der Waals surface area contributed by atoms with Crippen molar-refractivity contribution in [3.8, 4) is 0 Å². The molecule has 7 heteroatoms. The molecule has 0 saturated carbocycles. The maximum atomic E-state index is 14.0. The lowest BCUT2D eigenvalue weighted by Crippen LogP contribution is -2.18. The van der Waals surface area contributed by atoms with Crippen LogP contribution >= 0.6 is 0 Å². The number of carbonyl (C=O) groups excluding carboxylic acids is 2. The molecule has 0 spiro atoms. The third-order valence-corrected chi connectivity index (χ3v) is 4.11. The molecule has 0 aliphatic rings. The summed E-state index contributed by atoms with van der Waals surface area (Å²) in [4.78, 5) is 25.3. The molecule has 0 aliphatic carbocycles. The number of carbonyl (C=O) groups is 2. The number of ether oxygens (including phenoxy) is 1. The molecule has 3 aromatic rings. The lowest BCUT2D eigenvalue weighted by Gasteiger charge is -2.11.